The summed E-state index contributed by atoms with van der Waals surface area (Å²) in [6, 6.07) is 5.74. The number of rotatable bonds is 5. The van der Waals surface area contributed by atoms with Crippen molar-refractivity contribution in [3.8, 4) is 0 Å². The van der Waals surface area contributed by atoms with Crippen LogP contribution in [0.15, 0.2) is 18.2 Å². The van der Waals surface area contributed by atoms with Crippen LogP contribution in [-0.4, -0.2) is 48.2 Å². The van der Waals surface area contributed by atoms with E-state index in [9.17, 15) is 9.90 Å². The second-order valence-corrected chi connectivity index (χ2v) is 5.66. The van der Waals surface area contributed by atoms with Crippen molar-refractivity contribution in [2.45, 2.75) is 25.8 Å². The van der Waals surface area contributed by atoms with Crippen LogP contribution >= 0.6 is 11.6 Å². The maximum Gasteiger partial charge on any atom is 0.255 e. The Morgan fingerprint density at radius 2 is 2.35 bits per heavy atom. The van der Waals surface area contributed by atoms with Crippen molar-refractivity contribution in [1.82, 2.24) is 10.2 Å². The number of aliphatic hydroxyl groups excluding tert-OH is 1. The molecule has 4 nitrogen and oxygen atoms in total. The summed E-state index contributed by atoms with van der Waals surface area (Å²) in [7, 11) is 0. The van der Waals surface area contributed by atoms with Gasteiger partial charge in [-0.3, -0.25) is 4.79 Å². The lowest BCUT2D eigenvalue weighted by atomic mass is 10.1. The van der Waals surface area contributed by atoms with Gasteiger partial charge in [-0.25, -0.2) is 0 Å². The molecule has 1 amide bonds. The van der Waals surface area contributed by atoms with E-state index >= 15 is 0 Å². The minimum absolute atomic E-state index is 0.0397. The molecule has 0 radical (unpaired) electrons. The third-order valence-corrected chi connectivity index (χ3v) is 3.93. The van der Waals surface area contributed by atoms with E-state index < -0.39 is 0 Å². The Morgan fingerprint density at radius 1 is 1.55 bits per heavy atom. The zero-order chi connectivity index (χ0) is 14.5. The molecule has 0 spiro atoms. The van der Waals surface area contributed by atoms with Gasteiger partial charge in [-0.15, -0.1) is 0 Å². The topological polar surface area (TPSA) is 52.6 Å². The van der Waals surface area contributed by atoms with E-state index in [-0.39, 0.29) is 12.5 Å². The van der Waals surface area contributed by atoms with E-state index in [1.807, 2.05) is 13.0 Å². The van der Waals surface area contributed by atoms with Crippen molar-refractivity contribution in [3.05, 3.63) is 34.3 Å². The second kappa shape index (κ2) is 7.07. The summed E-state index contributed by atoms with van der Waals surface area (Å²) < 4.78 is 0. The number of halogens is 1. The highest BCUT2D eigenvalue weighted by atomic mass is 35.5. The second-order valence-electron chi connectivity index (χ2n) is 5.25. The minimum Gasteiger partial charge on any atom is -0.395 e. The zero-order valence-electron chi connectivity index (χ0n) is 11.7. The fourth-order valence-corrected chi connectivity index (χ4v) is 2.85. The van der Waals surface area contributed by atoms with Crippen LogP contribution in [0.4, 0.5) is 0 Å². The highest BCUT2D eigenvalue weighted by Crippen LogP contribution is 2.20. The molecule has 1 aliphatic rings. The molecule has 2 rings (SSSR count). The van der Waals surface area contributed by atoms with Crippen molar-refractivity contribution in [2.24, 2.45) is 0 Å². The molecule has 0 saturated carbocycles. The summed E-state index contributed by atoms with van der Waals surface area (Å²) in [5.41, 5.74) is 1.53. The quantitative estimate of drug-likeness (QED) is 0.872. The van der Waals surface area contributed by atoms with Gasteiger partial charge >= 0.3 is 0 Å². The Hall–Kier alpha value is -1.10. The molecule has 2 N–H and O–H groups in total. The number of aryl methyl sites for hydroxylation is 1. The van der Waals surface area contributed by atoms with Crippen LogP contribution in [-0.2, 0) is 0 Å². The molecule has 0 aromatic heterocycles. The Bertz CT molecular complexity index is 473. The number of nitrogens with one attached hydrogen (secondary N) is 1. The summed E-state index contributed by atoms with van der Waals surface area (Å²) in [4.78, 5) is 14.2. The number of hydrogen-bond acceptors (Lipinski definition) is 3. The van der Waals surface area contributed by atoms with Crippen molar-refractivity contribution in [3.63, 3.8) is 0 Å². The molecule has 1 atom stereocenters. The molecule has 0 bridgehead atoms. The van der Waals surface area contributed by atoms with Gasteiger partial charge in [0.05, 0.1) is 17.2 Å². The van der Waals surface area contributed by atoms with Crippen LogP contribution in [0.2, 0.25) is 5.02 Å². The summed E-state index contributed by atoms with van der Waals surface area (Å²) in [6.45, 7) is 3.85. The normalized spacial score (nSPS) is 18.2. The first kappa shape index (κ1) is 15.3. The highest BCUT2D eigenvalue weighted by Gasteiger charge is 2.23. The first-order valence-corrected chi connectivity index (χ1v) is 7.39. The van der Waals surface area contributed by atoms with Gasteiger partial charge in [-0.1, -0.05) is 17.7 Å². The number of carbonyl (C=O) groups is 1. The molecular formula is C15H21ClN2O2. The van der Waals surface area contributed by atoms with Gasteiger partial charge in [0.2, 0.25) is 0 Å². The number of amides is 1. The van der Waals surface area contributed by atoms with Crippen LogP contribution in [0.1, 0.15) is 28.8 Å². The maximum atomic E-state index is 12.6. The van der Waals surface area contributed by atoms with E-state index in [2.05, 4.69) is 5.32 Å². The van der Waals surface area contributed by atoms with Crippen LogP contribution in [0.5, 0.6) is 0 Å². The molecule has 5 heteroatoms. The number of benzene rings is 1. The standard InChI is InChI=1S/C15H21ClN2O2/c1-11-4-5-13(14(16)9-11)15(20)18(7-8-19)10-12-3-2-6-17-12/h4-5,9,12,17,19H,2-3,6-8,10H2,1H3. The largest absolute Gasteiger partial charge is 0.395 e. The van der Waals surface area contributed by atoms with Gasteiger partial charge in [0.15, 0.2) is 0 Å². The first-order valence-electron chi connectivity index (χ1n) is 7.01. The summed E-state index contributed by atoms with van der Waals surface area (Å²) >= 11 is 6.16. The molecule has 1 heterocycles. The van der Waals surface area contributed by atoms with E-state index in [1.54, 1.807) is 17.0 Å². The predicted molar refractivity (Wildman–Crippen MR) is 80.2 cm³/mol. The van der Waals surface area contributed by atoms with E-state index in [0.717, 1.165) is 24.9 Å². The van der Waals surface area contributed by atoms with Crippen LogP contribution in [0, 0.1) is 6.92 Å². The molecule has 0 aliphatic carbocycles. The molecule has 1 aromatic rings. The van der Waals surface area contributed by atoms with Crippen LogP contribution in [0.25, 0.3) is 0 Å². The lowest BCUT2D eigenvalue weighted by molar-refractivity contribution is 0.0707. The van der Waals surface area contributed by atoms with Crippen molar-refractivity contribution in [2.75, 3.05) is 26.2 Å². The molecule has 1 unspecified atom stereocenters. The number of hydrogen-bond donors (Lipinski definition) is 2. The molecule has 20 heavy (non-hydrogen) atoms. The Balaban J connectivity index is 2.12. The summed E-state index contributed by atoms with van der Waals surface area (Å²) in [5.74, 6) is -0.113. The van der Waals surface area contributed by atoms with Crippen molar-refractivity contribution < 1.29 is 9.90 Å². The third kappa shape index (κ3) is 3.72. The van der Waals surface area contributed by atoms with E-state index in [4.69, 9.17) is 11.6 Å². The van der Waals surface area contributed by atoms with Crippen molar-refractivity contribution in [1.29, 1.82) is 0 Å². The minimum atomic E-state index is -0.113. The van der Waals surface area contributed by atoms with Gasteiger partial charge < -0.3 is 15.3 Å². The average Bonchev–Trinajstić information content (AvgIpc) is 2.90. The monoisotopic (exact) mass is 296 g/mol. The Labute approximate surface area is 124 Å². The van der Waals surface area contributed by atoms with Gasteiger partial charge in [-0.05, 0) is 44.0 Å². The smallest absolute Gasteiger partial charge is 0.255 e. The molecular weight excluding hydrogens is 276 g/mol. The lowest BCUT2D eigenvalue weighted by Crippen LogP contribution is -2.42. The molecule has 1 aliphatic heterocycles. The van der Waals surface area contributed by atoms with Crippen molar-refractivity contribution >= 4 is 17.5 Å². The van der Waals surface area contributed by atoms with Crippen LogP contribution < -0.4 is 5.32 Å². The zero-order valence-corrected chi connectivity index (χ0v) is 12.5. The van der Waals surface area contributed by atoms with Gasteiger partial charge in [0.1, 0.15) is 0 Å². The van der Waals surface area contributed by atoms with Gasteiger partial charge in [0.25, 0.3) is 5.91 Å². The summed E-state index contributed by atoms with van der Waals surface area (Å²) in [5, 5.41) is 13.0. The maximum absolute atomic E-state index is 12.6. The fraction of sp³-hybridized carbons (Fsp3) is 0.533. The number of aliphatic hydroxyl groups is 1. The Morgan fingerprint density at radius 3 is 2.95 bits per heavy atom. The number of nitrogens with zero attached hydrogens (tertiary/aromatic N) is 1. The number of carbonyl (C=O) groups excluding carboxylic acids is 1. The lowest BCUT2D eigenvalue weighted by Gasteiger charge is -2.25. The predicted octanol–water partition coefficient (Wildman–Crippen LogP) is 1.83. The molecule has 1 aromatic carbocycles. The SMILES string of the molecule is Cc1ccc(C(=O)N(CCO)CC2CCCN2)c(Cl)c1. The van der Waals surface area contributed by atoms with Crippen LogP contribution in [0.3, 0.4) is 0 Å². The van der Waals surface area contributed by atoms with E-state index in [1.165, 1.54) is 0 Å². The van der Waals surface area contributed by atoms with E-state index in [0.29, 0.717) is 29.7 Å². The van der Waals surface area contributed by atoms with Gasteiger partial charge in [-0.2, -0.15) is 0 Å². The first-order chi connectivity index (χ1) is 9.61. The molecule has 110 valence electrons. The van der Waals surface area contributed by atoms with Gasteiger partial charge in [0, 0.05) is 19.1 Å². The molecule has 1 fully saturated rings. The highest BCUT2D eigenvalue weighted by molar-refractivity contribution is 6.33. The Kier molecular flexibility index (Phi) is 5.40. The third-order valence-electron chi connectivity index (χ3n) is 3.62. The molecule has 1 saturated heterocycles. The fourth-order valence-electron chi connectivity index (χ4n) is 2.54. The average molecular weight is 297 g/mol. The summed E-state index contributed by atoms with van der Waals surface area (Å²) in [6.07, 6.45) is 2.20.